The Morgan fingerprint density at radius 2 is 2.13 bits per heavy atom. The Bertz CT molecular complexity index is 452. The highest BCUT2D eigenvalue weighted by molar-refractivity contribution is 7.18. The fourth-order valence-electron chi connectivity index (χ4n) is 2.10. The number of hydrogen-bond acceptors (Lipinski definition) is 3. The fourth-order valence-corrected chi connectivity index (χ4v) is 3.23. The SMILES string of the molecule is NC1(Cc2nc3ccccc3s2)CCC1. The molecule has 1 heterocycles. The molecule has 2 aromatic rings. The van der Waals surface area contributed by atoms with Crippen LogP contribution < -0.4 is 5.73 Å². The van der Waals surface area contributed by atoms with Crippen LogP contribution in [0.3, 0.4) is 0 Å². The molecule has 0 radical (unpaired) electrons. The van der Waals surface area contributed by atoms with Crippen molar-refractivity contribution in [2.45, 2.75) is 31.2 Å². The van der Waals surface area contributed by atoms with E-state index in [0.717, 1.165) is 24.8 Å². The third-order valence-corrected chi connectivity index (χ3v) is 4.23. The molecule has 1 fully saturated rings. The van der Waals surface area contributed by atoms with Crippen molar-refractivity contribution in [3.05, 3.63) is 29.3 Å². The predicted octanol–water partition coefficient (Wildman–Crippen LogP) is 2.72. The second kappa shape index (κ2) is 3.29. The van der Waals surface area contributed by atoms with Gasteiger partial charge in [-0.1, -0.05) is 12.1 Å². The summed E-state index contributed by atoms with van der Waals surface area (Å²) < 4.78 is 1.27. The van der Waals surface area contributed by atoms with E-state index in [-0.39, 0.29) is 5.54 Å². The average molecular weight is 218 g/mol. The summed E-state index contributed by atoms with van der Waals surface area (Å²) in [5.74, 6) is 0. The Morgan fingerprint density at radius 1 is 1.33 bits per heavy atom. The Hall–Kier alpha value is -0.930. The summed E-state index contributed by atoms with van der Waals surface area (Å²) in [4.78, 5) is 4.62. The maximum absolute atomic E-state index is 6.22. The quantitative estimate of drug-likeness (QED) is 0.841. The van der Waals surface area contributed by atoms with Gasteiger partial charge in [0.05, 0.1) is 15.2 Å². The first-order valence-corrected chi connectivity index (χ1v) is 6.20. The zero-order chi connectivity index (χ0) is 10.3. The predicted molar refractivity (Wildman–Crippen MR) is 64.1 cm³/mol. The first-order valence-electron chi connectivity index (χ1n) is 5.39. The number of benzene rings is 1. The lowest BCUT2D eigenvalue weighted by Gasteiger charge is -2.37. The molecule has 0 amide bonds. The van der Waals surface area contributed by atoms with Crippen molar-refractivity contribution in [2.75, 3.05) is 0 Å². The lowest BCUT2D eigenvalue weighted by molar-refractivity contribution is 0.247. The van der Waals surface area contributed by atoms with Crippen LogP contribution in [0, 0.1) is 0 Å². The van der Waals surface area contributed by atoms with E-state index >= 15 is 0 Å². The molecular formula is C12H14N2S. The Balaban J connectivity index is 1.91. The van der Waals surface area contributed by atoms with Gasteiger partial charge in [-0.05, 0) is 31.4 Å². The molecule has 3 rings (SSSR count). The van der Waals surface area contributed by atoms with E-state index in [2.05, 4.69) is 23.2 Å². The molecule has 78 valence electrons. The third kappa shape index (κ3) is 1.66. The average Bonchev–Trinajstić information content (AvgIpc) is 2.57. The van der Waals surface area contributed by atoms with E-state index in [0.29, 0.717) is 0 Å². The number of thiazole rings is 1. The molecular weight excluding hydrogens is 204 g/mol. The number of fused-ring (bicyclic) bond motifs is 1. The normalized spacial score (nSPS) is 19.0. The van der Waals surface area contributed by atoms with Gasteiger partial charge in [0.2, 0.25) is 0 Å². The summed E-state index contributed by atoms with van der Waals surface area (Å²) in [5, 5.41) is 1.19. The molecule has 1 aliphatic carbocycles. The number of hydrogen-bond donors (Lipinski definition) is 1. The molecule has 0 atom stereocenters. The van der Waals surface area contributed by atoms with Crippen LogP contribution in [0.5, 0.6) is 0 Å². The minimum absolute atomic E-state index is 0.0495. The van der Waals surface area contributed by atoms with Crippen molar-refractivity contribution in [3.8, 4) is 0 Å². The van der Waals surface area contributed by atoms with Crippen LogP contribution in [-0.4, -0.2) is 10.5 Å². The smallest absolute Gasteiger partial charge is 0.0956 e. The number of para-hydroxylation sites is 1. The van der Waals surface area contributed by atoms with Crippen LogP contribution in [-0.2, 0) is 6.42 Å². The van der Waals surface area contributed by atoms with E-state index in [4.69, 9.17) is 5.73 Å². The van der Waals surface area contributed by atoms with Crippen LogP contribution in [0.15, 0.2) is 24.3 Å². The summed E-state index contributed by atoms with van der Waals surface area (Å²) in [6.45, 7) is 0. The molecule has 0 unspecified atom stereocenters. The van der Waals surface area contributed by atoms with Crippen LogP contribution in [0.2, 0.25) is 0 Å². The number of rotatable bonds is 2. The lowest BCUT2D eigenvalue weighted by Crippen LogP contribution is -2.48. The van der Waals surface area contributed by atoms with Gasteiger partial charge in [0.25, 0.3) is 0 Å². The standard InChI is InChI=1S/C12H14N2S/c13-12(6-3-7-12)8-11-14-9-4-1-2-5-10(9)15-11/h1-2,4-5H,3,6-8,13H2. The van der Waals surface area contributed by atoms with E-state index in [1.807, 2.05) is 6.07 Å². The van der Waals surface area contributed by atoms with Crippen molar-refractivity contribution in [2.24, 2.45) is 5.73 Å². The zero-order valence-electron chi connectivity index (χ0n) is 8.57. The first-order chi connectivity index (χ1) is 7.25. The van der Waals surface area contributed by atoms with Crippen molar-refractivity contribution >= 4 is 21.6 Å². The maximum Gasteiger partial charge on any atom is 0.0956 e. The highest BCUT2D eigenvalue weighted by Crippen LogP contribution is 2.34. The van der Waals surface area contributed by atoms with Gasteiger partial charge in [-0.2, -0.15) is 0 Å². The van der Waals surface area contributed by atoms with E-state index in [1.54, 1.807) is 11.3 Å². The fraction of sp³-hybridized carbons (Fsp3) is 0.417. The van der Waals surface area contributed by atoms with Crippen LogP contribution in [0.1, 0.15) is 24.3 Å². The summed E-state index contributed by atoms with van der Waals surface area (Å²) in [6.07, 6.45) is 4.54. The molecule has 2 N–H and O–H groups in total. The highest BCUT2D eigenvalue weighted by Gasteiger charge is 2.33. The topological polar surface area (TPSA) is 38.9 Å². The van der Waals surface area contributed by atoms with Gasteiger partial charge in [0.1, 0.15) is 0 Å². The summed E-state index contributed by atoms with van der Waals surface area (Å²) >= 11 is 1.78. The molecule has 15 heavy (non-hydrogen) atoms. The van der Waals surface area contributed by atoms with E-state index in [9.17, 15) is 0 Å². The molecule has 0 spiro atoms. The van der Waals surface area contributed by atoms with Crippen molar-refractivity contribution in [1.29, 1.82) is 0 Å². The van der Waals surface area contributed by atoms with E-state index < -0.39 is 0 Å². The number of nitrogens with zero attached hydrogens (tertiary/aromatic N) is 1. The molecule has 3 heteroatoms. The van der Waals surface area contributed by atoms with Crippen molar-refractivity contribution in [1.82, 2.24) is 4.98 Å². The first kappa shape index (κ1) is 9.31. The zero-order valence-corrected chi connectivity index (χ0v) is 9.39. The van der Waals surface area contributed by atoms with Crippen LogP contribution in [0.25, 0.3) is 10.2 Å². The largest absolute Gasteiger partial charge is 0.325 e. The molecule has 0 aliphatic heterocycles. The maximum atomic E-state index is 6.22. The minimum Gasteiger partial charge on any atom is -0.325 e. The number of aromatic nitrogens is 1. The number of nitrogens with two attached hydrogens (primary N) is 1. The van der Waals surface area contributed by atoms with Gasteiger partial charge in [-0.15, -0.1) is 11.3 Å². The monoisotopic (exact) mass is 218 g/mol. The molecule has 0 bridgehead atoms. The summed E-state index contributed by atoms with van der Waals surface area (Å²) in [5.41, 5.74) is 7.38. The van der Waals surface area contributed by atoms with E-state index in [1.165, 1.54) is 16.1 Å². The van der Waals surface area contributed by atoms with Gasteiger partial charge in [0.15, 0.2) is 0 Å². The summed E-state index contributed by atoms with van der Waals surface area (Å²) in [6, 6.07) is 8.29. The molecule has 1 aromatic carbocycles. The molecule has 2 nitrogen and oxygen atoms in total. The van der Waals surface area contributed by atoms with Gasteiger partial charge in [-0.25, -0.2) is 4.98 Å². The molecule has 1 aliphatic rings. The second-order valence-electron chi connectivity index (χ2n) is 4.47. The van der Waals surface area contributed by atoms with Crippen LogP contribution >= 0.6 is 11.3 Å². The Labute approximate surface area is 93.1 Å². The van der Waals surface area contributed by atoms with Gasteiger partial charge < -0.3 is 5.73 Å². The lowest BCUT2D eigenvalue weighted by atomic mass is 9.75. The van der Waals surface area contributed by atoms with Gasteiger partial charge in [0, 0.05) is 12.0 Å². The van der Waals surface area contributed by atoms with Crippen LogP contribution in [0.4, 0.5) is 0 Å². The van der Waals surface area contributed by atoms with Gasteiger partial charge >= 0.3 is 0 Å². The summed E-state index contributed by atoms with van der Waals surface area (Å²) in [7, 11) is 0. The minimum atomic E-state index is 0.0495. The second-order valence-corrected chi connectivity index (χ2v) is 5.58. The Kier molecular flexibility index (Phi) is 2.04. The molecule has 0 saturated heterocycles. The highest BCUT2D eigenvalue weighted by atomic mass is 32.1. The molecule has 1 saturated carbocycles. The molecule has 1 aromatic heterocycles. The van der Waals surface area contributed by atoms with Crippen molar-refractivity contribution < 1.29 is 0 Å². The van der Waals surface area contributed by atoms with Gasteiger partial charge in [-0.3, -0.25) is 0 Å². The Morgan fingerprint density at radius 3 is 2.80 bits per heavy atom. The van der Waals surface area contributed by atoms with Crippen molar-refractivity contribution in [3.63, 3.8) is 0 Å². The third-order valence-electron chi connectivity index (χ3n) is 3.19.